The van der Waals surface area contributed by atoms with Crippen LogP contribution in [0.25, 0.3) is 0 Å². The Balaban J connectivity index is 1.70. The molecule has 96 valence electrons. The summed E-state index contributed by atoms with van der Waals surface area (Å²) in [6, 6.07) is 0. The second-order valence-electron chi connectivity index (χ2n) is 6.87. The molecule has 4 bridgehead atoms. The summed E-state index contributed by atoms with van der Waals surface area (Å²) in [6.07, 6.45) is 7.58. The van der Waals surface area contributed by atoms with Gasteiger partial charge in [-0.15, -0.1) is 0 Å². The number of amides is 1. The SMILES string of the molecule is CC(CNC(=O)O)C12CC3CC(CC(C3)C1)C2. The summed E-state index contributed by atoms with van der Waals surface area (Å²) in [4.78, 5) is 10.6. The van der Waals surface area contributed by atoms with Crippen LogP contribution in [-0.2, 0) is 0 Å². The molecule has 4 aliphatic rings. The van der Waals surface area contributed by atoms with Crippen molar-refractivity contribution in [2.45, 2.75) is 45.4 Å². The third-order valence-electron chi connectivity index (χ3n) is 5.69. The molecule has 0 aromatic heterocycles. The van der Waals surface area contributed by atoms with E-state index in [2.05, 4.69) is 12.2 Å². The van der Waals surface area contributed by atoms with Gasteiger partial charge in [-0.3, -0.25) is 0 Å². The number of hydrogen-bond donors (Lipinski definition) is 2. The van der Waals surface area contributed by atoms with Crippen LogP contribution >= 0.6 is 0 Å². The van der Waals surface area contributed by atoms with Crippen molar-refractivity contribution in [3.05, 3.63) is 0 Å². The molecule has 0 radical (unpaired) electrons. The maximum Gasteiger partial charge on any atom is 0.404 e. The van der Waals surface area contributed by atoms with E-state index in [1.54, 1.807) is 0 Å². The molecule has 0 aromatic carbocycles. The zero-order chi connectivity index (χ0) is 12.0. The Morgan fingerprint density at radius 2 is 1.71 bits per heavy atom. The summed E-state index contributed by atoms with van der Waals surface area (Å²) >= 11 is 0. The van der Waals surface area contributed by atoms with E-state index >= 15 is 0 Å². The van der Waals surface area contributed by atoms with Crippen LogP contribution in [0.3, 0.4) is 0 Å². The highest BCUT2D eigenvalue weighted by molar-refractivity contribution is 5.64. The summed E-state index contributed by atoms with van der Waals surface area (Å²) in [6.45, 7) is 2.89. The molecular weight excluding hydrogens is 214 g/mol. The van der Waals surface area contributed by atoms with Crippen molar-refractivity contribution in [2.24, 2.45) is 29.1 Å². The number of nitrogens with one attached hydrogen (secondary N) is 1. The quantitative estimate of drug-likeness (QED) is 0.792. The van der Waals surface area contributed by atoms with Gasteiger partial charge in [0, 0.05) is 6.54 Å². The Kier molecular flexibility index (Phi) is 2.60. The summed E-state index contributed by atoms with van der Waals surface area (Å²) in [5.41, 5.74) is 0.469. The van der Waals surface area contributed by atoms with Crippen molar-refractivity contribution in [1.29, 1.82) is 0 Å². The second-order valence-corrected chi connectivity index (χ2v) is 6.87. The molecule has 1 amide bonds. The van der Waals surface area contributed by atoms with Gasteiger partial charge in [-0.2, -0.15) is 0 Å². The van der Waals surface area contributed by atoms with E-state index < -0.39 is 6.09 Å². The van der Waals surface area contributed by atoms with Crippen LogP contribution in [0.2, 0.25) is 0 Å². The summed E-state index contributed by atoms with van der Waals surface area (Å²) in [7, 11) is 0. The lowest BCUT2D eigenvalue weighted by Gasteiger charge is -2.59. The highest BCUT2D eigenvalue weighted by Gasteiger charge is 2.52. The second kappa shape index (κ2) is 3.89. The molecule has 1 atom stereocenters. The maximum atomic E-state index is 10.6. The molecule has 4 rings (SSSR count). The van der Waals surface area contributed by atoms with E-state index in [0.29, 0.717) is 17.9 Å². The van der Waals surface area contributed by atoms with Crippen LogP contribution in [0.15, 0.2) is 0 Å². The molecule has 0 saturated heterocycles. The summed E-state index contributed by atoms with van der Waals surface area (Å²) in [5.74, 6) is 3.36. The van der Waals surface area contributed by atoms with Crippen molar-refractivity contribution in [3.63, 3.8) is 0 Å². The molecule has 3 nitrogen and oxygen atoms in total. The molecule has 2 N–H and O–H groups in total. The van der Waals surface area contributed by atoms with Gasteiger partial charge in [-0.05, 0) is 67.6 Å². The minimum atomic E-state index is -0.874. The van der Waals surface area contributed by atoms with Gasteiger partial charge in [0.1, 0.15) is 0 Å². The first-order valence-corrected chi connectivity index (χ1v) is 7.04. The van der Waals surface area contributed by atoms with Crippen molar-refractivity contribution in [3.8, 4) is 0 Å². The maximum absolute atomic E-state index is 10.6. The average Bonchev–Trinajstić information content (AvgIpc) is 2.23. The van der Waals surface area contributed by atoms with Gasteiger partial charge in [-0.1, -0.05) is 6.92 Å². The zero-order valence-electron chi connectivity index (χ0n) is 10.6. The third-order valence-corrected chi connectivity index (χ3v) is 5.69. The van der Waals surface area contributed by atoms with Gasteiger partial charge in [0.25, 0.3) is 0 Å². The van der Waals surface area contributed by atoms with Crippen molar-refractivity contribution < 1.29 is 9.90 Å². The molecule has 0 spiro atoms. The lowest BCUT2D eigenvalue weighted by atomic mass is 9.46. The van der Waals surface area contributed by atoms with Gasteiger partial charge in [0.2, 0.25) is 0 Å². The van der Waals surface area contributed by atoms with E-state index in [-0.39, 0.29) is 0 Å². The van der Waals surface area contributed by atoms with E-state index in [1.807, 2.05) is 0 Å². The van der Waals surface area contributed by atoms with Crippen LogP contribution in [0, 0.1) is 29.1 Å². The van der Waals surface area contributed by atoms with Gasteiger partial charge in [0.05, 0.1) is 0 Å². The van der Waals surface area contributed by atoms with Crippen LogP contribution in [0.5, 0.6) is 0 Å². The van der Waals surface area contributed by atoms with Crippen molar-refractivity contribution in [1.82, 2.24) is 5.32 Å². The van der Waals surface area contributed by atoms with E-state index in [4.69, 9.17) is 5.11 Å². The topological polar surface area (TPSA) is 49.3 Å². The van der Waals surface area contributed by atoms with Gasteiger partial charge in [-0.25, -0.2) is 4.79 Å². The Labute approximate surface area is 103 Å². The molecule has 4 saturated carbocycles. The molecule has 1 unspecified atom stereocenters. The fourth-order valence-electron chi connectivity index (χ4n) is 5.24. The molecule has 0 aromatic rings. The minimum Gasteiger partial charge on any atom is -0.465 e. The fraction of sp³-hybridized carbons (Fsp3) is 0.929. The standard InChI is InChI=1S/C14H23NO2/c1-9(8-15-13(16)17)14-5-10-2-11(6-14)4-12(3-10)7-14/h9-12,15H,2-8H2,1H3,(H,16,17). The Morgan fingerprint density at radius 1 is 1.24 bits per heavy atom. The zero-order valence-corrected chi connectivity index (χ0v) is 10.6. The van der Waals surface area contributed by atoms with Crippen LogP contribution in [-0.4, -0.2) is 17.7 Å². The summed E-state index contributed by atoms with van der Waals surface area (Å²) < 4.78 is 0. The molecule has 17 heavy (non-hydrogen) atoms. The lowest BCUT2D eigenvalue weighted by molar-refractivity contribution is -0.0820. The van der Waals surface area contributed by atoms with Crippen LogP contribution in [0.1, 0.15) is 45.4 Å². The monoisotopic (exact) mass is 237 g/mol. The highest BCUT2D eigenvalue weighted by Crippen LogP contribution is 2.62. The van der Waals surface area contributed by atoms with E-state index in [0.717, 1.165) is 17.8 Å². The summed E-state index contributed by atoms with van der Waals surface area (Å²) in [5, 5.41) is 11.3. The Bertz CT molecular complexity index is 291. The van der Waals surface area contributed by atoms with Gasteiger partial charge < -0.3 is 10.4 Å². The lowest BCUT2D eigenvalue weighted by Crippen LogP contribution is -2.51. The first-order chi connectivity index (χ1) is 8.07. The van der Waals surface area contributed by atoms with Gasteiger partial charge >= 0.3 is 6.09 Å². The van der Waals surface area contributed by atoms with E-state index in [1.165, 1.54) is 38.5 Å². The molecule has 4 fully saturated rings. The molecule has 0 aliphatic heterocycles. The Hall–Kier alpha value is -0.730. The molecular formula is C14H23NO2. The largest absolute Gasteiger partial charge is 0.465 e. The minimum absolute atomic E-state index is 0.469. The van der Waals surface area contributed by atoms with Crippen molar-refractivity contribution >= 4 is 6.09 Å². The van der Waals surface area contributed by atoms with E-state index in [9.17, 15) is 4.79 Å². The smallest absolute Gasteiger partial charge is 0.404 e. The Morgan fingerprint density at radius 3 is 2.12 bits per heavy atom. The first-order valence-electron chi connectivity index (χ1n) is 7.04. The predicted molar refractivity (Wildman–Crippen MR) is 65.8 cm³/mol. The molecule has 4 aliphatic carbocycles. The number of hydrogen-bond acceptors (Lipinski definition) is 1. The third kappa shape index (κ3) is 1.94. The first kappa shape index (κ1) is 11.4. The van der Waals surface area contributed by atoms with Gasteiger partial charge in [0.15, 0.2) is 0 Å². The highest BCUT2D eigenvalue weighted by atomic mass is 16.4. The van der Waals surface area contributed by atoms with Crippen LogP contribution in [0.4, 0.5) is 4.79 Å². The molecule has 3 heteroatoms. The van der Waals surface area contributed by atoms with Crippen molar-refractivity contribution in [2.75, 3.05) is 6.54 Å². The number of carbonyl (C=O) groups is 1. The average molecular weight is 237 g/mol. The number of carboxylic acid groups (broad SMARTS) is 1. The fourth-order valence-corrected chi connectivity index (χ4v) is 5.24. The van der Waals surface area contributed by atoms with Crippen LogP contribution < -0.4 is 5.32 Å². The molecule has 0 heterocycles. The number of rotatable bonds is 3. The predicted octanol–water partition coefficient (Wildman–Crippen LogP) is 3.11. The normalized spacial score (nSPS) is 44.6.